The SMILES string of the molecule is CCCCC(CCC)(c1nc2ccccc2[nH]1)c1nc2ccccc2[nH]1. The predicted octanol–water partition coefficient (Wildman–Crippen LogP) is 5.72. The van der Waals surface area contributed by atoms with E-state index in [1.165, 1.54) is 0 Å². The molecule has 2 aromatic carbocycles. The molecule has 0 fully saturated rings. The van der Waals surface area contributed by atoms with Gasteiger partial charge in [-0.05, 0) is 37.1 Å². The summed E-state index contributed by atoms with van der Waals surface area (Å²) in [7, 11) is 0. The van der Waals surface area contributed by atoms with E-state index in [9.17, 15) is 0 Å². The monoisotopic (exact) mass is 346 g/mol. The molecule has 2 N–H and O–H groups in total. The van der Waals surface area contributed by atoms with Crippen LogP contribution < -0.4 is 0 Å². The first-order valence-electron chi connectivity index (χ1n) is 9.67. The quantitative estimate of drug-likeness (QED) is 0.450. The van der Waals surface area contributed by atoms with Crippen LogP contribution in [0.5, 0.6) is 0 Å². The van der Waals surface area contributed by atoms with E-state index in [-0.39, 0.29) is 5.41 Å². The van der Waals surface area contributed by atoms with Crippen molar-refractivity contribution in [3.63, 3.8) is 0 Å². The second-order valence-corrected chi connectivity index (χ2v) is 7.14. The number of unbranched alkanes of at least 4 members (excludes halogenated alkanes) is 1. The second-order valence-electron chi connectivity index (χ2n) is 7.14. The topological polar surface area (TPSA) is 57.4 Å². The minimum absolute atomic E-state index is 0.206. The number of para-hydroxylation sites is 4. The molecule has 0 spiro atoms. The van der Waals surface area contributed by atoms with E-state index in [0.717, 1.165) is 65.8 Å². The van der Waals surface area contributed by atoms with Crippen LogP contribution in [0.3, 0.4) is 0 Å². The molecule has 4 aromatic rings. The minimum Gasteiger partial charge on any atom is -0.341 e. The number of imidazole rings is 2. The summed E-state index contributed by atoms with van der Waals surface area (Å²) in [5, 5.41) is 0. The van der Waals surface area contributed by atoms with E-state index in [1.54, 1.807) is 0 Å². The highest BCUT2D eigenvalue weighted by Crippen LogP contribution is 2.40. The lowest BCUT2D eigenvalue weighted by atomic mass is 9.77. The normalized spacial score (nSPS) is 12.2. The molecule has 0 saturated heterocycles. The molecule has 0 atom stereocenters. The van der Waals surface area contributed by atoms with Gasteiger partial charge in [-0.1, -0.05) is 57.4 Å². The Labute approximate surface area is 154 Å². The molecule has 2 heterocycles. The van der Waals surface area contributed by atoms with Crippen molar-refractivity contribution in [2.75, 3.05) is 0 Å². The Kier molecular flexibility index (Phi) is 4.49. The van der Waals surface area contributed by atoms with Gasteiger partial charge < -0.3 is 9.97 Å². The zero-order valence-corrected chi connectivity index (χ0v) is 15.5. The van der Waals surface area contributed by atoms with Gasteiger partial charge in [-0.3, -0.25) is 0 Å². The molecule has 0 bridgehead atoms. The zero-order valence-electron chi connectivity index (χ0n) is 15.5. The lowest BCUT2D eigenvalue weighted by Gasteiger charge is -2.30. The summed E-state index contributed by atoms with van der Waals surface area (Å²) in [6.45, 7) is 4.49. The van der Waals surface area contributed by atoms with Gasteiger partial charge in [-0.25, -0.2) is 9.97 Å². The van der Waals surface area contributed by atoms with Crippen molar-refractivity contribution < 1.29 is 0 Å². The Morgan fingerprint density at radius 1 is 0.731 bits per heavy atom. The molecule has 4 heteroatoms. The number of rotatable bonds is 7. The summed E-state index contributed by atoms with van der Waals surface area (Å²) in [5.74, 6) is 2.07. The molecule has 0 radical (unpaired) electrons. The first-order chi connectivity index (χ1) is 12.8. The van der Waals surface area contributed by atoms with E-state index in [1.807, 2.05) is 12.1 Å². The van der Waals surface area contributed by atoms with E-state index in [4.69, 9.17) is 9.97 Å². The molecular weight excluding hydrogens is 320 g/mol. The average Bonchev–Trinajstić information content (AvgIpc) is 3.29. The van der Waals surface area contributed by atoms with E-state index >= 15 is 0 Å². The maximum Gasteiger partial charge on any atom is 0.121 e. The van der Waals surface area contributed by atoms with Crippen molar-refractivity contribution >= 4 is 22.1 Å². The van der Waals surface area contributed by atoms with Crippen LogP contribution >= 0.6 is 0 Å². The Bertz CT molecular complexity index is 871. The molecular formula is C22H26N4. The molecule has 0 aliphatic rings. The predicted molar refractivity (Wildman–Crippen MR) is 107 cm³/mol. The molecule has 0 saturated carbocycles. The fraction of sp³-hybridized carbons (Fsp3) is 0.364. The van der Waals surface area contributed by atoms with Crippen molar-refractivity contribution in [1.29, 1.82) is 0 Å². The standard InChI is InChI=1S/C22H26N4/c1-3-5-15-22(14-4-2,20-23-16-10-6-7-11-17(16)24-20)21-25-18-12-8-9-13-19(18)26-21/h6-13H,3-5,14-15H2,1-2H3,(H,23,24)(H,25,26). The minimum atomic E-state index is -0.206. The third kappa shape index (κ3) is 2.79. The fourth-order valence-electron chi connectivity index (χ4n) is 3.97. The molecule has 4 nitrogen and oxygen atoms in total. The number of aromatic amines is 2. The lowest BCUT2D eigenvalue weighted by Crippen LogP contribution is -2.30. The zero-order chi connectivity index (χ0) is 18.0. The van der Waals surface area contributed by atoms with Gasteiger partial charge in [0.05, 0.1) is 27.5 Å². The number of benzene rings is 2. The number of nitrogens with zero attached hydrogens (tertiary/aromatic N) is 2. The van der Waals surface area contributed by atoms with Gasteiger partial charge in [-0.15, -0.1) is 0 Å². The van der Waals surface area contributed by atoms with Crippen LogP contribution in [0, 0.1) is 0 Å². The molecule has 134 valence electrons. The van der Waals surface area contributed by atoms with Crippen molar-refractivity contribution in [2.45, 2.75) is 51.4 Å². The van der Waals surface area contributed by atoms with Crippen molar-refractivity contribution in [3.8, 4) is 0 Å². The summed E-state index contributed by atoms with van der Waals surface area (Å²) in [6.07, 6.45) is 5.45. The van der Waals surface area contributed by atoms with Crippen LogP contribution in [0.4, 0.5) is 0 Å². The molecule has 26 heavy (non-hydrogen) atoms. The van der Waals surface area contributed by atoms with Gasteiger partial charge in [0.1, 0.15) is 11.6 Å². The van der Waals surface area contributed by atoms with Crippen LogP contribution in [0.2, 0.25) is 0 Å². The maximum absolute atomic E-state index is 4.99. The smallest absolute Gasteiger partial charge is 0.121 e. The largest absolute Gasteiger partial charge is 0.341 e. The Morgan fingerprint density at radius 2 is 1.27 bits per heavy atom. The molecule has 0 amide bonds. The lowest BCUT2D eigenvalue weighted by molar-refractivity contribution is 0.380. The average molecular weight is 346 g/mol. The summed E-state index contributed by atoms with van der Waals surface area (Å²) >= 11 is 0. The first kappa shape index (κ1) is 16.8. The maximum atomic E-state index is 4.99. The van der Waals surface area contributed by atoms with Crippen LogP contribution in [-0.4, -0.2) is 19.9 Å². The summed E-state index contributed by atoms with van der Waals surface area (Å²) in [4.78, 5) is 17.2. The summed E-state index contributed by atoms with van der Waals surface area (Å²) in [5.41, 5.74) is 4.03. The van der Waals surface area contributed by atoms with Gasteiger partial charge >= 0.3 is 0 Å². The van der Waals surface area contributed by atoms with Crippen LogP contribution in [-0.2, 0) is 5.41 Å². The van der Waals surface area contributed by atoms with Crippen LogP contribution in [0.25, 0.3) is 22.1 Å². The Balaban J connectivity index is 1.92. The highest BCUT2D eigenvalue weighted by Gasteiger charge is 2.39. The molecule has 0 aliphatic carbocycles. The third-order valence-electron chi connectivity index (χ3n) is 5.32. The van der Waals surface area contributed by atoms with Crippen LogP contribution in [0.15, 0.2) is 48.5 Å². The molecule has 2 aromatic heterocycles. The molecule has 0 aliphatic heterocycles. The van der Waals surface area contributed by atoms with Crippen molar-refractivity contribution in [3.05, 3.63) is 60.2 Å². The highest BCUT2D eigenvalue weighted by molar-refractivity contribution is 5.76. The van der Waals surface area contributed by atoms with E-state index < -0.39 is 0 Å². The fourth-order valence-corrected chi connectivity index (χ4v) is 3.97. The van der Waals surface area contributed by atoms with Crippen molar-refractivity contribution in [1.82, 2.24) is 19.9 Å². The van der Waals surface area contributed by atoms with Gasteiger partial charge in [-0.2, -0.15) is 0 Å². The molecule has 0 unspecified atom stereocenters. The Morgan fingerprint density at radius 3 is 1.73 bits per heavy atom. The summed E-state index contributed by atoms with van der Waals surface area (Å²) in [6, 6.07) is 16.5. The second kappa shape index (κ2) is 6.94. The van der Waals surface area contributed by atoms with Gasteiger partial charge in [0.2, 0.25) is 0 Å². The van der Waals surface area contributed by atoms with Gasteiger partial charge in [0, 0.05) is 0 Å². The number of fused-ring (bicyclic) bond motifs is 2. The summed E-state index contributed by atoms with van der Waals surface area (Å²) < 4.78 is 0. The first-order valence-corrected chi connectivity index (χ1v) is 9.67. The molecule has 4 rings (SSSR count). The van der Waals surface area contributed by atoms with Crippen LogP contribution in [0.1, 0.15) is 57.6 Å². The van der Waals surface area contributed by atoms with Gasteiger partial charge in [0.25, 0.3) is 0 Å². The van der Waals surface area contributed by atoms with Crippen molar-refractivity contribution in [2.24, 2.45) is 0 Å². The number of aromatic nitrogens is 4. The number of hydrogen-bond acceptors (Lipinski definition) is 2. The number of hydrogen-bond donors (Lipinski definition) is 2. The highest BCUT2D eigenvalue weighted by atomic mass is 15.0. The Hall–Kier alpha value is -2.62. The number of H-pyrrole nitrogens is 2. The van der Waals surface area contributed by atoms with E-state index in [2.05, 4.69) is 60.2 Å². The number of nitrogens with one attached hydrogen (secondary N) is 2. The van der Waals surface area contributed by atoms with Gasteiger partial charge in [0.15, 0.2) is 0 Å². The third-order valence-corrected chi connectivity index (χ3v) is 5.32. The van der Waals surface area contributed by atoms with E-state index in [0.29, 0.717) is 0 Å².